The Kier molecular flexibility index (Phi) is 4.17. The predicted octanol–water partition coefficient (Wildman–Crippen LogP) is 5.62. The first-order valence-corrected chi connectivity index (χ1v) is 8.97. The second-order valence-electron chi connectivity index (χ2n) is 6.94. The minimum atomic E-state index is -0.0305. The van der Waals surface area contributed by atoms with Gasteiger partial charge in [-0.25, -0.2) is 0 Å². The molecule has 0 saturated heterocycles. The van der Waals surface area contributed by atoms with E-state index in [-0.39, 0.29) is 5.41 Å². The van der Waals surface area contributed by atoms with Crippen LogP contribution < -0.4 is 0 Å². The lowest BCUT2D eigenvalue weighted by atomic mass is 9.73. The van der Waals surface area contributed by atoms with Gasteiger partial charge in [-0.3, -0.25) is 4.79 Å². The van der Waals surface area contributed by atoms with Crippen LogP contribution in [0.15, 0.2) is 29.6 Å². The molecule has 0 spiro atoms. The Balaban J connectivity index is 1.84. The van der Waals surface area contributed by atoms with Crippen molar-refractivity contribution in [3.05, 3.63) is 35.2 Å². The normalized spacial score (nSPS) is 17.7. The molecule has 1 saturated carbocycles. The Labute approximate surface area is 131 Å². The molecular weight excluding hydrogens is 276 g/mol. The highest BCUT2D eigenvalue weighted by molar-refractivity contribution is 7.17. The van der Waals surface area contributed by atoms with Crippen LogP contribution in [0.4, 0.5) is 0 Å². The largest absolute Gasteiger partial charge is 0.299 e. The molecule has 2 aromatic rings. The van der Waals surface area contributed by atoms with E-state index in [1.165, 1.54) is 28.5 Å². The third-order valence-electron chi connectivity index (χ3n) is 4.86. The Morgan fingerprint density at radius 3 is 2.67 bits per heavy atom. The second-order valence-corrected chi connectivity index (χ2v) is 7.85. The van der Waals surface area contributed by atoms with Crippen molar-refractivity contribution in [3.8, 4) is 0 Å². The van der Waals surface area contributed by atoms with Gasteiger partial charge in [0.1, 0.15) is 5.78 Å². The molecule has 0 aliphatic heterocycles. The van der Waals surface area contributed by atoms with Crippen LogP contribution in [0.1, 0.15) is 51.5 Å². The number of thiophene rings is 1. The Bertz CT molecular complexity index is 632. The number of fused-ring (bicyclic) bond motifs is 1. The lowest BCUT2D eigenvalue weighted by Crippen LogP contribution is -2.31. The molecule has 0 atom stereocenters. The molecule has 1 nitrogen and oxygen atoms in total. The lowest BCUT2D eigenvalue weighted by molar-refractivity contribution is -0.128. The molecule has 2 heteroatoms. The van der Waals surface area contributed by atoms with Crippen molar-refractivity contribution < 1.29 is 4.79 Å². The van der Waals surface area contributed by atoms with E-state index in [1.54, 1.807) is 11.3 Å². The van der Waals surface area contributed by atoms with Gasteiger partial charge in [-0.15, -0.1) is 11.3 Å². The van der Waals surface area contributed by atoms with E-state index in [4.69, 9.17) is 0 Å². The number of ketones is 1. The fourth-order valence-electron chi connectivity index (χ4n) is 3.96. The molecule has 112 valence electrons. The van der Waals surface area contributed by atoms with Crippen molar-refractivity contribution in [2.45, 2.75) is 52.4 Å². The number of rotatable bonds is 5. The fourth-order valence-corrected chi connectivity index (χ4v) is 4.92. The third kappa shape index (κ3) is 2.91. The van der Waals surface area contributed by atoms with Crippen molar-refractivity contribution in [1.82, 2.24) is 0 Å². The van der Waals surface area contributed by atoms with E-state index >= 15 is 0 Å². The molecule has 0 N–H and O–H groups in total. The average Bonchev–Trinajstić information content (AvgIpc) is 3.07. The zero-order valence-electron chi connectivity index (χ0n) is 13.0. The lowest BCUT2D eigenvalue weighted by Gasteiger charge is -2.29. The first kappa shape index (κ1) is 14.8. The van der Waals surface area contributed by atoms with Crippen LogP contribution in [0.5, 0.6) is 0 Å². The van der Waals surface area contributed by atoms with Crippen LogP contribution in [-0.2, 0) is 11.2 Å². The molecule has 3 rings (SSSR count). The van der Waals surface area contributed by atoms with E-state index < -0.39 is 0 Å². The molecule has 1 aliphatic carbocycles. The van der Waals surface area contributed by atoms with Crippen LogP contribution in [0, 0.1) is 11.3 Å². The molecule has 1 aromatic heterocycles. The molecule has 1 heterocycles. The molecule has 21 heavy (non-hydrogen) atoms. The smallest absolute Gasteiger partial charge is 0.143 e. The summed E-state index contributed by atoms with van der Waals surface area (Å²) in [5.74, 6) is 1.09. The van der Waals surface area contributed by atoms with E-state index in [2.05, 4.69) is 43.5 Å². The molecule has 0 bridgehead atoms. The maximum atomic E-state index is 13.0. The fraction of sp³-hybridized carbons (Fsp3) is 0.526. The summed E-state index contributed by atoms with van der Waals surface area (Å²) in [7, 11) is 0. The standard InChI is InChI=1S/C19H24OS/c1-14(2)12-19(9-5-6-10-19)18(20)11-15-13-21-17-8-4-3-7-16(15)17/h3-4,7-8,13-14H,5-6,9-12H2,1-2H3. The second kappa shape index (κ2) is 5.92. The van der Waals surface area contributed by atoms with Crippen LogP contribution >= 0.6 is 11.3 Å². The Morgan fingerprint density at radius 1 is 1.24 bits per heavy atom. The summed E-state index contributed by atoms with van der Waals surface area (Å²) in [5.41, 5.74) is 1.20. The van der Waals surface area contributed by atoms with E-state index in [9.17, 15) is 4.79 Å². The monoisotopic (exact) mass is 300 g/mol. The first-order chi connectivity index (χ1) is 10.1. The van der Waals surface area contributed by atoms with E-state index in [1.807, 2.05) is 0 Å². The van der Waals surface area contributed by atoms with Gasteiger partial charge < -0.3 is 0 Å². The van der Waals surface area contributed by atoms with Crippen molar-refractivity contribution in [1.29, 1.82) is 0 Å². The van der Waals surface area contributed by atoms with Crippen molar-refractivity contribution in [2.75, 3.05) is 0 Å². The summed E-state index contributed by atoms with van der Waals surface area (Å²) in [5, 5.41) is 3.45. The predicted molar refractivity (Wildman–Crippen MR) is 90.9 cm³/mol. The highest BCUT2D eigenvalue weighted by atomic mass is 32.1. The first-order valence-electron chi connectivity index (χ1n) is 8.09. The van der Waals surface area contributed by atoms with Crippen LogP contribution in [0.2, 0.25) is 0 Å². The average molecular weight is 300 g/mol. The summed E-state index contributed by atoms with van der Waals surface area (Å²) < 4.78 is 1.30. The summed E-state index contributed by atoms with van der Waals surface area (Å²) in [4.78, 5) is 13.0. The molecule has 0 amide bonds. The molecule has 0 unspecified atom stereocenters. The molecule has 1 aromatic carbocycles. The van der Waals surface area contributed by atoms with Gasteiger partial charge >= 0.3 is 0 Å². The van der Waals surface area contributed by atoms with Gasteiger partial charge in [0.05, 0.1) is 0 Å². The van der Waals surface area contributed by atoms with Crippen LogP contribution in [0.3, 0.4) is 0 Å². The summed E-state index contributed by atoms with van der Waals surface area (Å²) in [6.07, 6.45) is 6.34. The molecular formula is C19H24OS. The van der Waals surface area contributed by atoms with Gasteiger partial charge in [-0.1, -0.05) is 44.9 Å². The van der Waals surface area contributed by atoms with E-state index in [0.29, 0.717) is 18.1 Å². The number of benzene rings is 1. The van der Waals surface area contributed by atoms with Crippen molar-refractivity contribution in [2.24, 2.45) is 11.3 Å². The van der Waals surface area contributed by atoms with Gasteiger partial charge in [-0.2, -0.15) is 0 Å². The quantitative estimate of drug-likeness (QED) is 0.700. The number of hydrogen-bond donors (Lipinski definition) is 0. The number of hydrogen-bond acceptors (Lipinski definition) is 2. The SMILES string of the molecule is CC(C)CC1(C(=O)Cc2csc3ccccc23)CCCC1. The molecule has 0 radical (unpaired) electrons. The maximum absolute atomic E-state index is 13.0. The Hall–Kier alpha value is -1.15. The van der Waals surface area contributed by atoms with Gasteiger partial charge in [0, 0.05) is 16.5 Å². The van der Waals surface area contributed by atoms with E-state index in [0.717, 1.165) is 19.3 Å². The van der Waals surface area contributed by atoms with Crippen molar-refractivity contribution >= 4 is 27.2 Å². The molecule has 1 fully saturated rings. The highest BCUT2D eigenvalue weighted by Gasteiger charge is 2.40. The summed E-state index contributed by atoms with van der Waals surface area (Å²) in [6.45, 7) is 4.49. The van der Waals surface area contributed by atoms with Gasteiger partial charge in [0.2, 0.25) is 0 Å². The maximum Gasteiger partial charge on any atom is 0.143 e. The third-order valence-corrected chi connectivity index (χ3v) is 5.88. The number of carbonyl (C=O) groups excluding carboxylic acids is 1. The topological polar surface area (TPSA) is 17.1 Å². The zero-order chi connectivity index (χ0) is 14.9. The minimum absolute atomic E-state index is 0.0305. The molecule has 1 aliphatic rings. The van der Waals surface area contributed by atoms with Gasteiger partial charge in [-0.05, 0) is 47.6 Å². The van der Waals surface area contributed by atoms with Crippen molar-refractivity contribution in [3.63, 3.8) is 0 Å². The number of carbonyl (C=O) groups is 1. The Morgan fingerprint density at radius 2 is 1.95 bits per heavy atom. The summed E-state index contributed by atoms with van der Waals surface area (Å²) in [6, 6.07) is 8.44. The minimum Gasteiger partial charge on any atom is -0.299 e. The van der Waals surface area contributed by atoms with Crippen LogP contribution in [-0.4, -0.2) is 5.78 Å². The van der Waals surface area contributed by atoms with Crippen LogP contribution in [0.25, 0.3) is 10.1 Å². The van der Waals surface area contributed by atoms with Gasteiger partial charge in [0.25, 0.3) is 0 Å². The number of Topliss-reactive ketones (excluding diaryl/α,β-unsaturated/α-hetero) is 1. The zero-order valence-corrected chi connectivity index (χ0v) is 13.8. The summed E-state index contributed by atoms with van der Waals surface area (Å²) >= 11 is 1.76. The van der Waals surface area contributed by atoms with Gasteiger partial charge in [0.15, 0.2) is 0 Å². The highest BCUT2D eigenvalue weighted by Crippen LogP contribution is 2.45.